The summed E-state index contributed by atoms with van der Waals surface area (Å²) < 4.78 is 11.7. The van der Waals surface area contributed by atoms with Gasteiger partial charge >= 0.3 is 0 Å². The summed E-state index contributed by atoms with van der Waals surface area (Å²) in [5.41, 5.74) is 15.2. The van der Waals surface area contributed by atoms with Gasteiger partial charge in [-0.3, -0.25) is 4.90 Å². The standard InChI is InChI=1S/C28H45ClN4O2/c1-5-7-27(30)33(28(31)8-6-2)17-18-35-25-16-13-22(19-26(25)34-4)10-9-21(3)32-20-23-11-14-24(29)15-12-23/h11-16,19,21,27-28,32H,5-10,17-18,20,30-31H2,1-4H3/t21-,27?,28?/m0/s1. The van der Waals surface area contributed by atoms with Gasteiger partial charge in [-0.15, -0.1) is 0 Å². The highest BCUT2D eigenvalue weighted by atomic mass is 35.5. The van der Waals surface area contributed by atoms with E-state index in [1.54, 1.807) is 7.11 Å². The maximum absolute atomic E-state index is 6.39. The minimum absolute atomic E-state index is 0.0512. The van der Waals surface area contributed by atoms with Crippen LogP contribution in [0.25, 0.3) is 0 Å². The molecule has 0 amide bonds. The fourth-order valence-corrected chi connectivity index (χ4v) is 4.25. The second-order valence-electron chi connectivity index (χ2n) is 9.23. The van der Waals surface area contributed by atoms with Gasteiger partial charge < -0.3 is 26.3 Å². The van der Waals surface area contributed by atoms with Crippen LogP contribution in [0.4, 0.5) is 0 Å². The molecule has 0 aliphatic heterocycles. The van der Waals surface area contributed by atoms with E-state index < -0.39 is 0 Å². The first-order chi connectivity index (χ1) is 16.9. The van der Waals surface area contributed by atoms with E-state index in [2.05, 4.69) is 55.3 Å². The first kappa shape index (κ1) is 29.4. The first-order valence-corrected chi connectivity index (χ1v) is 13.3. The van der Waals surface area contributed by atoms with Gasteiger partial charge in [0.2, 0.25) is 0 Å². The highest BCUT2D eigenvalue weighted by molar-refractivity contribution is 6.30. The van der Waals surface area contributed by atoms with Crippen LogP contribution in [0.5, 0.6) is 11.5 Å². The molecule has 0 fully saturated rings. The lowest BCUT2D eigenvalue weighted by atomic mass is 10.1. The number of methoxy groups -OCH3 is 1. The van der Waals surface area contributed by atoms with Gasteiger partial charge in [-0.05, 0) is 68.0 Å². The lowest BCUT2D eigenvalue weighted by molar-refractivity contribution is 0.101. The van der Waals surface area contributed by atoms with Crippen LogP contribution in [0.2, 0.25) is 5.02 Å². The number of benzene rings is 2. The Hall–Kier alpha value is -1.83. The average Bonchev–Trinajstić information content (AvgIpc) is 2.85. The summed E-state index contributed by atoms with van der Waals surface area (Å²) in [4.78, 5) is 2.16. The molecule has 0 saturated carbocycles. The van der Waals surface area contributed by atoms with Crippen LogP contribution in [-0.2, 0) is 13.0 Å². The predicted molar refractivity (Wildman–Crippen MR) is 147 cm³/mol. The minimum atomic E-state index is -0.0512. The average molecular weight is 505 g/mol. The summed E-state index contributed by atoms with van der Waals surface area (Å²) in [5, 5.41) is 4.34. The zero-order chi connectivity index (χ0) is 25.6. The molecule has 7 heteroatoms. The van der Waals surface area contributed by atoms with Crippen molar-refractivity contribution in [2.45, 2.75) is 84.2 Å². The lowest BCUT2D eigenvalue weighted by Gasteiger charge is -2.34. The predicted octanol–water partition coefficient (Wildman–Crippen LogP) is 5.31. The van der Waals surface area contributed by atoms with Crippen molar-refractivity contribution < 1.29 is 9.47 Å². The van der Waals surface area contributed by atoms with E-state index in [0.29, 0.717) is 19.2 Å². The van der Waals surface area contributed by atoms with Gasteiger partial charge in [0.25, 0.3) is 0 Å². The summed E-state index contributed by atoms with van der Waals surface area (Å²) in [6.45, 7) is 8.52. The van der Waals surface area contributed by atoms with E-state index in [1.807, 2.05) is 18.2 Å². The van der Waals surface area contributed by atoms with E-state index in [1.165, 1.54) is 11.1 Å². The van der Waals surface area contributed by atoms with Crippen molar-refractivity contribution in [2.75, 3.05) is 20.3 Å². The third-order valence-electron chi connectivity index (χ3n) is 6.29. The molecule has 5 N–H and O–H groups in total. The fraction of sp³-hybridized carbons (Fsp3) is 0.571. The molecule has 0 aliphatic rings. The summed E-state index contributed by atoms with van der Waals surface area (Å²) in [7, 11) is 1.68. The molecule has 2 rings (SSSR count). The minimum Gasteiger partial charge on any atom is -0.493 e. The quantitative estimate of drug-likeness (QED) is 0.253. The summed E-state index contributed by atoms with van der Waals surface area (Å²) >= 11 is 5.97. The Morgan fingerprint density at radius 1 is 0.914 bits per heavy atom. The summed E-state index contributed by atoms with van der Waals surface area (Å²) in [6, 6.07) is 14.5. The van der Waals surface area contributed by atoms with E-state index in [4.69, 9.17) is 32.5 Å². The third kappa shape index (κ3) is 10.4. The van der Waals surface area contributed by atoms with Gasteiger partial charge in [0.15, 0.2) is 11.5 Å². The molecule has 2 aromatic carbocycles. The van der Waals surface area contributed by atoms with E-state index >= 15 is 0 Å². The number of aryl methyl sites for hydroxylation is 1. The Balaban J connectivity index is 1.86. The van der Waals surface area contributed by atoms with Crippen molar-refractivity contribution in [1.82, 2.24) is 10.2 Å². The molecule has 0 radical (unpaired) electrons. The van der Waals surface area contributed by atoms with Crippen molar-refractivity contribution in [2.24, 2.45) is 11.5 Å². The van der Waals surface area contributed by atoms with Crippen LogP contribution in [0.3, 0.4) is 0 Å². The zero-order valence-corrected chi connectivity index (χ0v) is 22.7. The number of nitrogens with two attached hydrogens (primary N) is 2. The Morgan fingerprint density at radius 3 is 2.14 bits per heavy atom. The molecule has 2 aromatic rings. The fourth-order valence-electron chi connectivity index (χ4n) is 4.13. The number of hydrogen-bond donors (Lipinski definition) is 3. The summed E-state index contributed by atoms with van der Waals surface area (Å²) in [6.07, 6.45) is 5.77. The monoisotopic (exact) mass is 504 g/mol. The maximum Gasteiger partial charge on any atom is 0.161 e. The maximum atomic E-state index is 6.39. The van der Waals surface area contributed by atoms with Crippen LogP contribution in [0, 0.1) is 0 Å². The smallest absolute Gasteiger partial charge is 0.161 e. The van der Waals surface area contributed by atoms with Crippen LogP contribution in [0.1, 0.15) is 64.0 Å². The molecule has 196 valence electrons. The molecule has 0 aliphatic carbocycles. The van der Waals surface area contributed by atoms with Crippen molar-refractivity contribution >= 4 is 11.6 Å². The van der Waals surface area contributed by atoms with Crippen LogP contribution >= 0.6 is 11.6 Å². The largest absolute Gasteiger partial charge is 0.493 e. The molecule has 2 unspecified atom stereocenters. The highest BCUT2D eigenvalue weighted by Crippen LogP contribution is 2.29. The Bertz CT molecular complexity index is 837. The van der Waals surface area contributed by atoms with E-state index in [9.17, 15) is 0 Å². The second kappa shape index (κ2) is 16.0. The van der Waals surface area contributed by atoms with Gasteiger partial charge in [0, 0.05) is 24.2 Å². The number of nitrogens with zero attached hydrogens (tertiary/aromatic N) is 1. The van der Waals surface area contributed by atoms with Crippen molar-refractivity contribution in [3.8, 4) is 11.5 Å². The molecule has 0 aromatic heterocycles. The summed E-state index contributed by atoms with van der Waals surface area (Å²) in [5.74, 6) is 1.50. The van der Waals surface area contributed by atoms with Crippen molar-refractivity contribution in [3.63, 3.8) is 0 Å². The van der Waals surface area contributed by atoms with E-state index in [-0.39, 0.29) is 12.3 Å². The third-order valence-corrected chi connectivity index (χ3v) is 6.54. The van der Waals surface area contributed by atoms with Gasteiger partial charge in [-0.2, -0.15) is 0 Å². The molecule has 0 heterocycles. The number of rotatable bonds is 17. The zero-order valence-electron chi connectivity index (χ0n) is 21.9. The molecule has 3 atom stereocenters. The number of hydrogen-bond acceptors (Lipinski definition) is 6. The SMILES string of the molecule is CCCC(N)N(CCOc1ccc(CC[C@H](C)NCc2ccc(Cl)cc2)cc1OC)C(N)CCC. The second-order valence-corrected chi connectivity index (χ2v) is 9.67. The normalized spacial score (nSPS) is 14.1. The Morgan fingerprint density at radius 2 is 1.54 bits per heavy atom. The van der Waals surface area contributed by atoms with Gasteiger partial charge in [0.1, 0.15) is 6.61 Å². The van der Waals surface area contributed by atoms with Crippen LogP contribution < -0.4 is 26.3 Å². The number of ether oxygens (including phenoxy) is 2. The highest BCUT2D eigenvalue weighted by Gasteiger charge is 2.20. The van der Waals surface area contributed by atoms with Gasteiger partial charge in [-0.1, -0.05) is 56.5 Å². The Labute approximate surface area is 217 Å². The first-order valence-electron chi connectivity index (χ1n) is 12.9. The molecule has 0 spiro atoms. The van der Waals surface area contributed by atoms with Crippen LogP contribution in [-0.4, -0.2) is 43.5 Å². The van der Waals surface area contributed by atoms with Gasteiger partial charge in [0.05, 0.1) is 19.4 Å². The Kier molecular flexibility index (Phi) is 13.5. The lowest BCUT2D eigenvalue weighted by Crippen LogP contribution is -2.53. The molecule has 0 saturated heterocycles. The molecule has 6 nitrogen and oxygen atoms in total. The van der Waals surface area contributed by atoms with Crippen molar-refractivity contribution in [1.29, 1.82) is 0 Å². The molecule has 0 bridgehead atoms. The van der Waals surface area contributed by atoms with Crippen LogP contribution in [0.15, 0.2) is 42.5 Å². The van der Waals surface area contributed by atoms with Crippen molar-refractivity contribution in [3.05, 3.63) is 58.6 Å². The topological polar surface area (TPSA) is 85.8 Å². The van der Waals surface area contributed by atoms with E-state index in [0.717, 1.165) is 61.6 Å². The molecular weight excluding hydrogens is 460 g/mol. The van der Waals surface area contributed by atoms with Gasteiger partial charge in [-0.25, -0.2) is 0 Å². The molecular formula is C28H45ClN4O2. The molecule has 35 heavy (non-hydrogen) atoms. The number of halogens is 1. The number of nitrogens with one attached hydrogen (secondary N) is 1.